The van der Waals surface area contributed by atoms with Crippen LogP contribution in [0.4, 0.5) is 0 Å². The Morgan fingerprint density at radius 3 is 2.54 bits per heavy atom. The highest BCUT2D eigenvalue weighted by Gasteiger charge is 2.09. The van der Waals surface area contributed by atoms with Crippen molar-refractivity contribution in [3.63, 3.8) is 0 Å². The van der Waals surface area contributed by atoms with Gasteiger partial charge < -0.3 is 25.4 Å². The molecule has 1 saturated heterocycles. The standard InChI is InChI=1S/C19H31N5O3.HI/c1-3-20-19(21-8-9-24-10-12-27-13-11-24)23-15-18(25)22-14-16-4-6-17(26-2)7-5-16;/h4-7H,3,8-15H2,1-2H3,(H,22,25)(H2,20,21,23);1H. The summed E-state index contributed by atoms with van der Waals surface area (Å²) in [5.41, 5.74) is 1.02. The highest BCUT2D eigenvalue weighted by atomic mass is 127. The lowest BCUT2D eigenvalue weighted by Gasteiger charge is -2.26. The van der Waals surface area contributed by atoms with Crippen LogP contribution in [0.1, 0.15) is 12.5 Å². The van der Waals surface area contributed by atoms with E-state index in [2.05, 4.69) is 25.8 Å². The number of amides is 1. The fourth-order valence-electron chi connectivity index (χ4n) is 2.65. The van der Waals surface area contributed by atoms with Crippen LogP contribution in [-0.4, -0.2) is 76.4 Å². The molecule has 158 valence electrons. The second-order valence-electron chi connectivity index (χ2n) is 6.20. The van der Waals surface area contributed by atoms with Gasteiger partial charge in [0.25, 0.3) is 0 Å². The third-order valence-corrected chi connectivity index (χ3v) is 4.20. The van der Waals surface area contributed by atoms with E-state index in [0.717, 1.165) is 57.3 Å². The number of morpholine rings is 1. The Labute approximate surface area is 184 Å². The lowest BCUT2D eigenvalue weighted by atomic mass is 10.2. The van der Waals surface area contributed by atoms with E-state index in [4.69, 9.17) is 9.47 Å². The maximum atomic E-state index is 12.0. The summed E-state index contributed by atoms with van der Waals surface area (Å²) in [6.45, 7) is 8.52. The summed E-state index contributed by atoms with van der Waals surface area (Å²) in [7, 11) is 1.63. The summed E-state index contributed by atoms with van der Waals surface area (Å²) in [5, 5.41) is 9.31. The Bertz CT molecular complexity index is 592. The molecule has 1 aliphatic heterocycles. The van der Waals surface area contributed by atoms with Crippen LogP contribution in [0.2, 0.25) is 0 Å². The molecular weight excluding hydrogens is 473 g/mol. The van der Waals surface area contributed by atoms with E-state index in [9.17, 15) is 4.79 Å². The molecule has 9 heteroatoms. The molecule has 0 aromatic heterocycles. The number of hydrogen-bond acceptors (Lipinski definition) is 5. The monoisotopic (exact) mass is 505 g/mol. The number of ether oxygens (including phenoxy) is 2. The van der Waals surface area contributed by atoms with Crippen LogP contribution in [-0.2, 0) is 16.1 Å². The molecule has 0 aliphatic carbocycles. The fourth-order valence-corrected chi connectivity index (χ4v) is 2.65. The smallest absolute Gasteiger partial charge is 0.242 e. The van der Waals surface area contributed by atoms with Gasteiger partial charge in [-0.15, -0.1) is 24.0 Å². The van der Waals surface area contributed by atoms with Gasteiger partial charge in [0.2, 0.25) is 5.91 Å². The Balaban J connectivity index is 0.00000392. The zero-order chi connectivity index (χ0) is 19.3. The van der Waals surface area contributed by atoms with E-state index in [-0.39, 0.29) is 36.4 Å². The lowest BCUT2D eigenvalue weighted by Crippen LogP contribution is -2.44. The number of nitrogens with one attached hydrogen (secondary N) is 3. The minimum Gasteiger partial charge on any atom is -0.497 e. The van der Waals surface area contributed by atoms with E-state index in [1.165, 1.54) is 0 Å². The van der Waals surface area contributed by atoms with Crippen LogP contribution < -0.4 is 20.7 Å². The van der Waals surface area contributed by atoms with Crippen molar-refractivity contribution in [3.05, 3.63) is 29.8 Å². The van der Waals surface area contributed by atoms with Crippen molar-refractivity contribution in [2.24, 2.45) is 4.99 Å². The second-order valence-corrected chi connectivity index (χ2v) is 6.20. The Kier molecular flexibility index (Phi) is 12.6. The summed E-state index contributed by atoms with van der Waals surface area (Å²) in [5.74, 6) is 1.34. The molecule has 2 rings (SSSR count). The number of benzene rings is 1. The fraction of sp³-hybridized carbons (Fsp3) is 0.579. The molecule has 1 amide bonds. The van der Waals surface area contributed by atoms with E-state index in [1.807, 2.05) is 31.2 Å². The van der Waals surface area contributed by atoms with Crippen molar-refractivity contribution in [1.29, 1.82) is 0 Å². The summed E-state index contributed by atoms with van der Waals surface area (Å²) in [6.07, 6.45) is 0. The van der Waals surface area contributed by atoms with E-state index in [1.54, 1.807) is 7.11 Å². The number of guanidine groups is 1. The van der Waals surface area contributed by atoms with Gasteiger partial charge in [-0.3, -0.25) is 9.69 Å². The molecule has 1 aliphatic rings. The number of carbonyl (C=O) groups is 1. The largest absolute Gasteiger partial charge is 0.497 e. The highest BCUT2D eigenvalue weighted by Crippen LogP contribution is 2.10. The Morgan fingerprint density at radius 1 is 1.18 bits per heavy atom. The summed E-state index contributed by atoms with van der Waals surface area (Å²) < 4.78 is 10.5. The van der Waals surface area contributed by atoms with Crippen molar-refractivity contribution in [1.82, 2.24) is 20.9 Å². The third-order valence-electron chi connectivity index (χ3n) is 4.20. The molecule has 1 heterocycles. The van der Waals surface area contributed by atoms with Crippen LogP contribution in [0.5, 0.6) is 5.75 Å². The molecule has 0 radical (unpaired) electrons. The molecule has 1 fully saturated rings. The maximum absolute atomic E-state index is 12.0. The third kappa shape index (κ3) is 9.56. The summed E-state index contributed by atoms with van der Waals surface area (Å²) in [4.78, 5) is 18.8. The molecule has 1 aromatic rings. The quantitative estimate of drug-likeness (QED) is 0.262. The zero-order valence-electron chi connectivity index (χ0n) is 16.7. The van der Waals surface area contributed by atoms with Crippen LogP contribution >= 0.6 is 24.0 Å². The number of aliphatic imine (C=N–C) groups is 1. The molecular formula is C19H32IN5O3. The molecule has 0 atom stereocenters. The average molecular weight is 505 g/mol. The molecule has 1 aromatic carbocycles. The first-order chi connectivity index (χ1) is 13.2. The van der Waals surface area contributed by atoms with Crippen LogP contribution in [0.25, 0.3) is 0 Å². The number of hydrogen-bond donors (Lipinski definition) is 3. The highest BCUT2D eigenvalue weighted by molar-refractivity contribution is 14.0. The van der Waals surface area contributed by atoms with Gasteiger partial charge in [-0.1, -0.05) is 12.1 Å². The molecule has 3 N–H and O–H groups in total. The molecule has 8 nitrogen and oxygen atoms in total. The molecule has 28 heavy (non-hydrogen) atoms. The number of carbonyl (C=O) groups excluding carboxylic acids is 1. The lowest BCUT2D eigenvalue weighted by molar-refractivity contribution is -0.119. The normalized spacial score (nSPS) is 14.7. The molecule has 0 saturated carbocycles. The minimum absolute atomic E-state index is 0. The molecule has 0 spiro atoms. The van der Waals surface area contributed by atoms with Crippen molar-refractivity contribution < 1.29 is 14.3 Å². The van der Waals surface area contributed by atoms with Gasteiger partial charge in [-0.05, 0) is 24.6 Å². The van der Waals surface area contributed by atoms with Gasteiger partial charge in [0.1, 0.15) is 12.3 Å². The number of halogens is 1. The van der Waals surface area contributed by atoms with Gasteiger partial charge >= 0.3 is 0 Å². The Morgan fingerprint density at radius 2 is 1.89 bits per heavy atom. The SMILES string of the molecule is CCNC(=NCC(=O)NCc1ccc(OC)cc1)NCCN1CCOCC1.I. The predicted molar refractivity (Wildman–Crippen MR) is 121 cm³/mol. The van der Waals surface area contributed by atoms with Gasteiger partial charge in [-0.2, -0.15) is 0 Å². The number of methoxy groups -OCH3 is 1. The Hall–Kier alpha value is -1.59. The van der Waals surface area contributed by atoms with Crippen LogP contribution in [0, 0.1) is 0 Å². The van der Waals surface area contributed by atoms with Crippen molar-refractivity contribution in [2.75, 3.05) is 59.6 Å². The van der Waals surface area contributed by atoms with E-state index in [0.29, 0.717) is 12.5 Å². The van der Waals surface area contributed by atoms with Crippen molar-refractivity contribution >= 4 is 35.8 Å². The molecule has 0 bridgehead atoms. The maximum Gasteiger partial charge on any atom is 0.242 e. The van der Waals surface area contributed by atoms with E-state index < -0.39 is 0 Å². The van der Waals surface area contributed by atoms with Crippen LogP contribution in [0.3, 0.4) is 0 Å². The van der Waals surface area contributed by atoms with Gasteiger partial charge in [-0.25, -0.2) is 4.99 Å². The van der Waals surface area contributed by atoms with Crippen molar-refractivity contribution in [3.8, 4) is 5.75 Å². The van der Waals surface area contributed by atoms with Crippen LogP contribution in [0.15, 0.2) is 29.3 Å². The zero-order valence-corrected chi connectivity index (χ0v) is 19.0. The first kappa shape index (κ1) is 24.4. The summed E-state index contributed by atoms with van der Waals surface area (Å²) in [6, 6.07) is 7.61. The van der Waals surface area contributed by atoms with Crippen molar-refractivity contribution in [2.45, 2.75) is 13.5 Å². The first-order valence-corrected chi connectivity index (χ1v) is 9.43. The average Bonchev–Trinajstić information content (AvgIpc) is 2.71. The van der Waals surface area contributed by atoms with E-state index >= 15 is 0 Å². The predicted octanol–water partition coefficient (Wildman–Crippen LogP) is 0.817. The second kappa shape index (κ2) is 14.4. The molecule has 0 unspecified atom stereocenters. The van der Waals surface area contributed by atoms with Gasteiger partial charge in [0.05, 0.1) is 20.3 Å². The number of nitrogens with zero attached hydrogens (tertiary/aromatic N) is 2. The van der Waals surface area contributed by atoms with Gasteiger partial charge in [0, 0.05) is 39.3 Å². The first-order valence-electron chi connectivity index (χ1n) is 9.43. The topological polar surface area (TPSA) is 87.2 Å². The minimum atomic E-state index is -0.115. The number of rotatable bonds is 9. The van der Waals surface area contributed by atoms with Gasteiger partial charge in [0.15, 0.2) is 5.96 Å². The summed E-state index contributed by atoms with van der Waals surface area (Å²) >= 11 is 0.